The molecule has 0 aromatic heterocycles. The summed E-state index contributed by atoms with van der Waals surface area (Å²) in [6.45, 7) is 6.63. The molecule has 1 saturated carbocycles. The lowest BCUT2D eigenvalue weighted by atomic mass is 9.79. The van der Waals surface area contributed by atoms with E-state index in [4.69, 9.17) is 0 Å². The lowest BCUT2D eigenvalue weighted by molar-refractivity contribution is 0.0727. The summed E-state index contributed by atoms with van der Waals surface area (Å²) < 4.78 is 0. The fourth-order valence-electron chi connectivity index (χ4n) is 2.70. The van der Waals surface area contributed by atoms with Crippen molar-refractivity contribution in [2.75, 3.05) is 26.7 Å². The molecule has 15 heavy (non-hydrogen) atoms. The first kappa shape index (κ1) is 12.9. The molecule has 1 aliphatic carbocycles. The standard InChI is InChI=1S/C12H26N2O/c1-4-13-12(10-15)8-6-7-11(9-12)14(3)5-2/h11,13,15H,4-10H2,1-3H3. The highest BCUT2D eigenvalue weighted by atomic mass is 16.3. The molecule has 0 aliphatic heterocycles. The third-order valence-electron chi connectivity index (χ3n) is 3.80. The second kappa shape index (κ2) is 5.83. The summed E-state index contributed by atoms with van der Waals surface area (Å²) >= 11 is 0. The topological polar surface area (TPSA) is 35.5 Å². The van der Waals surface area contributed by atoms with Crippen LogP contribution >= 0.6 is 0 Å². The van der Waals surface area contributed by atoms with Crippen LogP contribution in [0.15, 0.2) is 0 Å². The Morgan fingerprint density at radius 3 is 2.73 bits per heavy atom. The van der Waals surface area contributed by atoms with E-state index in [0.29, 0.717) is 6.04 Å². The Hall–Kier alpha value is -0.120. The van der Waals surface area contributed by atoms with Crippen LogP contribution in [0.3, 0.4) is 0 Å². The van der Waals surface area contributed by atoms with E-state index in [0.717, 1.165) is 25.9 Å². The summed E-state index contributed by atoms with van der Waals surface area (Å²) in [6, 6.07) is 0.634. The summed E-state index contributed by atoms with van der Waals surface area (Å²) in [7, 11) is 2.18. The third-order valence-corrected chi connectivity index (χ3v) is 3.80. The van der Waals surface area contributed by atoms with Gasteiger partial charge >= 0.3 is 0 Å². The van der Waals surface area contributed by atoms with Crippen LogP contribution in [0.4, 0.5) is 0 Å². The molecule has 2 atom stereocenters. The number of hydrogen-bond donors (Lipinski definition) is 2. The molecule has 2 N–H and O–H groups in total. The van der Waals surface area contributed by atoms with Gasteiger partial charge in [-0.3, -0.25) is 0 Å². The van der Waals surface area contributed by atoms with Gasteiger partial charge in [0.25, 0.3) is 0 Å². The predicted octanol–water partition coefficient (Wildman–Crippen LogP) is 1.22. The maximum Gasteiger partial charge on any atom is 0.0613 e. The smallest absolute Gasteiger partial charge is 0.0613 e. The van der Waals surface area contributed by atoms with Crippen LogP contribution in [0.2, 0.25) is 0 Å². The molecule has 0 aromatic rings. The van der Waals surface area contributed by atoms with Crippen molar-refractivity contribution in [3.8, 4) is 0 Å². The molecule has 0 saturated heterocycles. The number of aliphatic hydroxyl groups is 1. The first-order valence-electron chi connectivity index (χ1n) is 6.23. The Balaban J connectivity index is 2.59. The van der Waals surface area contributed by atoms with Gasteiger partial charge in [-0.05, 0) is 45.8 Å². The number of likely N-dealkylation sites (N-methyl/N-ethyl adjacent to an activating group) is 1. The highest BCUT2D eigenvalue weighted by Gasteiger charge is 2.36. The lowest BCUT2D eigenvalue weighted by Gasteiger charge is -2.43. The van der Waals surface area contributed by atoms with E-state index >= 15 is 0 Å². The predicted molar refractivity (Wildman–Crippen MR) is 64.1 cm³/mol. The maximum atomic E-state index is 9.56. The highest BCUT2D eigenvalue weighted by Crippen LogP contribution is 2.30. The molecule has 1 aliphatic rings. The second-order valence-corrected chi connectivity index (χ2v) is 4.79. The molecule has 0 spiro atoms. The van der Waals surface area contributed by atoms with Gasteiger partial charge in [-0.2, -0.15) is 0 Å². The Bertz CT molecular complexity index is 182. The van der Waals surface area contributed by atoms with E-state index in [1.165, 1.54) is 12.8 Å². The van der Waals surface area contributed by atoms with Crippen molar-refractivity contribution in [1.29, 1.82) is 0 Å². The van der Waals surface area contributed by atoms with Crippen molar-refractivity contribution < 1.29 is 5.11 Å². The summed E-state index contributed by atoms with van der Waals surface area (Å²) in [6.07, 6.45) is 4.70. The number of aliphatic hydroxyl groups excluding tert-OH is 1. The largest absolute Gasteiger partial charge is 0.394 e. The Kier molecular flexibility index (Phi) is 5.03. The molecule has 1 rings (SSSR count). The van der Waals surface area contributed by atoms with Crippen LogP contribution in [-0.2, 0) is 0 Å². The molecule has 0 heterocycles. The SMILES string of the molecule is CCNC1(CO)CCCC(N(C)CC)C1. The van der Waals surface area contributed by atoms with Crippen molar-refractivity contribution >= 4 is 0 Å². The minimum atomic E-state index is -0.0128. The van der Waals surface area contributed by atoms with Crippen LogP contribution < -0.4 is 5.32 Å². The molecular formula is C12H26N2O. The second-order valence-electron chi connectivity index (χ2n) is 4.79. The van der Waals surface area contributed by atoms with Crippen LogP contribution in [0, 0.1) is 0 Å². The van der Waals surface area contributed by atoms with E-state index in [9.17, 15) is 5.11 Å². The van der Waals surface area contributed by atoms with Gasteiger partial charge in [-0.1, -0.05) is 13.8 Å². The van der Waals surface area contributed by atoms with Gasteiger partial charge in [0, 0.05) is 11.6 Å². The molecule has 0 bridgehead atoms. The van der Waals surface area contributed by atoms with Crippen molar-refractivity contribution in [3.05, 3.63) is 0 Å². The van der Waals surface area contributed by atoms with Gasteiger partial charge in [0.15, 0.2) is 0 Å². The van der Waals surface area contributed by atoms with E-state index < -0.39 is 0 Å². The van der Waals surface area contributed by atoms with Crippen LogP contribution in [0.1, 0.15) is 39.5 Å². The molecule has 3 heteroatoms. The van der Waals surface area contributed by atoms with Crippen LogP contribution in [0.5, 0.6) is 0 Å². The zero-order valence-corrected chi connectivity index (χ0v) is 10.4. The molecule has 0 radical (unpaired) electrons. The van der Waals surface area contributed by atoms with Gasteiger partial charge in [0.1, 0.15) is 0 Å². The summed E-state index contributed by atoms with van der Waals surface area (Å²) in [5.41, 5.74) is -0.0128. The molecule has 90 valence electrons. The normalized spacial score (nSPS) is 32.2. The quantitative estimate of drug-likeness (QED) is 0.722. The zero-order valence-electron chi connectivity index (χ0n) is 10.4. The highest BCUT2D eigenvalue weighted by molar-refractivity contribution is 4.95. The molecule has 0 amide bonds. The fraction of sp³-hybridized carbons (Fsp3) is 1.00. The maximum absolute atomic E-state index is 9.56. The average Bonchev–Trinajstić information content (AvgIpc) is 2.28. The number of nitrogens with one attached hydrogen (secondary N) is 1. The van der Waals surface area contributed by atoms with Crippen LogP contribution in [-0.4, -0.2) is 48.3 Å². The monoisotopic (exact) mass is 214 g/mol. The van der Waals surface area contributed by atoms with E-state index in [1.807, 2.05) is 0 Å². The van der Waals surface area contributed by atoms with E-state index in [-0.39, 0.29) is 12.1 Å². The Labute approximate surface area is 93.9 Å². The molecule has 0 aromatic carbocycles. The Morgan fingerprint density at radius 1 is 1.47 bits per heavy atom. The van der Waals surface area contributed by atoms with Crippen molar-refractivity contribution in [1.82, 2.24) is 10.2 Å². The molecule has 1 fully saturated rings. The first-order chi connectivity index (χ1) is 7.17. The lowest BCUT2D eigenvalue weighted by Crippen LogP contribution is -2.55. The summed E-state index contributed by atoms with van der Waals surface area (Å²) in [5.74, 6) is 0. The molecule has 2 unspecified atom stereocenters. The third kappa shape index (κ3) is 3.16. The minimum Gasteiger partial charge on any atom is -0.394 e. The van der Waals surface area contributed by atoms with E-state index in [2.05, 4.69) is 31.1 Å². The number of nitrogens with zero attached hydrogens (tertiary/aromatic N) is 1. The van der Waals surface area contributed by atoms with E-state index in [1.54, 1.807) is 0 Å². The molecular weight excluding hydrogens is 188 g/mol. The zero-order chi connectivity index (χ0) is 11.3. The van der Waals surface area contributed by atoms with Crippen molar-refractivity contribution in [2.45, 2.75) is 51.1 Å². The Morgan fingerprint density at radius 2 is 2.20 bits per heavy atom. The first-order valence-corrected chi connectivity index (χ1v) is 6.23. The van der Waals surface area contributed by atoms with Gasteiger partial charge in [0.2, 0.25) is 0 Å². The van der Waals surface area contributed by atoms with Gasteiger partial charge < -0.3 is 15.3 Å². The van der Waals surface area contributed by atoms with Crippen molar-refractivity contribution in [2.24, 2.45) is 0 Å². The minimum absolute atomic E-state index is 0.0128. The van der Waals surface area contributed by atoms with Gasteiger partial charge in [0.05, 0.1) is 6.61 Å². The van der Waals surface area contributed by atoms with Crippen LogP contribution in [0.25, 0.3) is 0 Å². The van der Waals surface area contributed by atoms with Crippen molar-refractivity contribution in [3.63, 3.8) is 0 Å². The number of rotatable bonds is 5. The van der Waals surface area contributed by atoms with Gasteiger partial charge in [-0.15, -0.1) is 0 Å². The van der Waals surface area contributed by atoms with Gasteiger partial charge in [-0.25, -0.2) is 0 Å². The summed E-state index contributed by atoms with van der Waals surface area (Å²) in [5, 5.41) is 13.0. The number of hydrogen-bond acceptors (Lipinski definition) is 3. The average molecular weight is 214 g/mol. The summed E-state index contributed by atoms with van der Waals surface area (Å²) in [4.78, 5) is 2.40. The molecule has 3 nitrogen and oxygen atoms in total. The fourth-order valence-corrected chi connectivity index (χ4v) is 2.70.